The molecule has 9 heteroatoms. The number of pyridine rings is 1. The third kappa shape index (κ3) is 12.6. The summed E-state index contributed by atoms with van der Waals surface area (Å²) in [5.74, 6) is 3.10. The maximum absolute atomic E-state index is 12.8. The first-order chi connectivity index (χ1) is 38.3. The number of aromatic hydroxyl groups is 1. The van der Waals surface area contributed by atoms with Crippen LogP contribution in [0.2, 0.25) is 19.6 Å². The van der Waals surface area contributed by atoms with Crippen LogP contribution in [0.15, 0.2) is 158 Å². The molecule has 0 aliphatic rings. The van der Waals surface area contributed by atoms with Crippen LogP contribution in [0.5, 0.6) is 5.75 Å². The molecule has 0 saturated carbocycles. The Morgan fingerprint density at radius 1 is 0.446 bits per heavy atom. The van der Waals surface area contributed by atoms with Gasteiger partial charge in [-0.3, -0.25) is 9.55 Å². The van der Waals surface area contributed by atoms with Crippen molar-refractivity contribution in [2.24, 2.45) is 0 Å². The van der Waals surface area contributed by atoms with E-state index in [2.05, 4.69) is 286 Å². The van der Waals surface area contributed by atoms with Crippen LogP contribution in [0.3, 0.4) is 0 Å². The molecule has 7 nitrogen and oxygen atoms in total. The van der Waals surface area contributed by atoms with Gasteiger partial charge >= 0.3 is 0 Å². The third-order valence-electron chi connectivity index (χ3n) is 15.6. The van der Waals surface area contributed by atoms with Crippen molar-refractivity contribution >= 4 is 24.3 Å². The Balaban J connectivity index is 0.00000828. The van der Waals surface area contributed by atoms with Gasteiger partial charge in [-0.25, -0.2) is 19.9 Å². The zero-order valence-electron chi connectivity index (χ0n) is 52.0. The molecule has 0 radical (unpaired) electrons. The summed E-state index contributed by atoms with van der Waals surface area (Å²) >= 11 is 0. The summed E-state index contributed by atoms with van der Waals surface area (Å²) in [6.45, 7) is 40.0. The molecule has 0 atom stereocenters. The average Bonchev–Trinajstić information content (AvgIpc) is 2.18. The molecule has 0 amide bonds. The molecule has 0 bridgehead atoms. The van der Waals surface area contributed by atoms with Gasteiger partial charge in [0, 0.05) is 60.5 Å². The Hall–Kier alpha value is -7.12. The van der Waals surface area contributed by atoms with Crippen LogP contribution < -0.4 is 5.19 Å². The van der Waals surface area contributed by atoms with Gasteiger partial charge in [0.05, 0.1) is 30.4 Å². The minimum atomic E-state index is -1.46. The van der Waals surface area contributed by atoms with Crippen LogP contribution in [0.1, 0.15) is 132 Å². The number of fused-ring (bicyclic) bond motifs is 1. The van der Waals surface area contributed by atoms with Gasteiger partial charge < -0.3 is 5.11 Å². The van der Waals surface area contributed by atoms with E-state index in [0.717, 1.165) is 106 Å². The number of aromatic nitrogens is 6. The number of imidazole rings is 1. The summed E-state index contributed by atoms with van der Waals surface area (Å²) in [5, 5.41) is 14.2. The molecule has 0 saturated heterocycles. The molecular formula is C74H81N6OPtSi-. The zero-order valence-corrected chi connectivity index (χ0v) is 55.2. The second-order valence-corrected chi connectivity index (χ2v) is 33.6. The minimum absolute atomic E-state index is 0. The predicted molar refractivity (Wildman–Crippen MR) is 347 cm³/mol. The fourth-order valence-electron chi connectivity index (χ4n) is 10.5. The maximum atomic E-state index is 12.8. The summed E-state index contributed by atoms with van der Waals surface area (Å²) in [7, 11) is -1.46. The minimum Gasteiger partial charge on any atom is -0.507 e. The van der Waals surface area contributed by atoms with Gasteiger partial charge in [-0.1, -0.05) is 249 Å². The molecule has 428 valence electrons. The molecule has 0 unspecified atom stereocenters. The SMILES string of the molecule is CC(C)(C)c1cc(-c2cc(-c3ccc([Si](C)(C)C)cc3)ccn2)[c-]c(-c2cccc3c2nc(-c2cc(C(C)(C)C)cc(C(C)(C)C)c2O)n3-c2ccc(-c3ccc(-c4nc(C(C)(C)C)nc(C(C)(C)C)n4)cc3)cc2-c2ccccc2)c1.[Pt]. The largest absolute Gasteiger partial charge is 0.507 e. The van der Waals surface area contributed by atoms with Gasteiger partial charge in [0.15, 0.2) is 5.82 Å². The summed E-state index contributed by atoms with van der Waals surface area (Å²) in [4.78, 5) is 25.7. The molecular weight excluding hydrogens is 1210 g/mol. The van der Waals surface area contributed by atoms with Crippen molar-refractivity contribution in [3.63, 3.8) is 0 Å². The summed E-state index contributed by atoms with van der Waals surface area (Å²) in [6.07, 6.45) is 1.92. The number of para-hydroxylation sites is 1. The van der Waals surface area contributed by atoms with Crippen LogP contribution in [0.25, 0.3) is 95.3 Å². The van der Waals surface area contributed by atoms with Gasteiger partial charge in [0.2, 0.25) is 0 Å². The molecule has 0 spiro atoms. The van der Waals surface area contributed by atoms with Crippen LogP contribution in [0.4, 0.5) is 0 Å². The van der Waals surface area contributed by atoms with Crippen molar-refractivity contribution in [3.8, 4) is 90.0 Å². The molecule has 0 fully saturated rings. The second-order valence-electron chi connectivity index (χ2n) is 28.5. The van der Waals surface area contributed by atoms with E-state index >= 15 is 0 Å². The Morgan fingerprint density at radius 3 is 1.58 bits per heavy atom. The summed E-state index contributed by atoms with van der Waals surface area (Å²) < 4.78 is 2.27. The van der Waals surface area contributed by atoms with E-state index in [-0.39, 0.29) is 53.9 Å². The molecule has 10 rings (SSSR count). The van der Waals surface area contributed by atoms with Crippen LogP contribution >= 0.6 is 0 Å². The molecule has 10 aromatic rings. The van der Waals surface area contributed by atoms with E-state index in [9.17, 15) is 5.11 Å². The molecule has 3 aromatic heterocycles. The summed E-state index contributed by atoms with van der Waals surface area (Å²) in [6, 6.07) is 58.5. The first kappa shape index (κ1) is 60.5. The van der Waals surface area contributed by atoms with Crippen molar-refractivity contribution in [2.75, 3.05) is 0 Å². The topological polar surface area (TPSA) is 89.6 Å². The van der Waals surface area contributed by atoms with Gasteiger partial charge in [-0.05, 0) is 80.0 Å². The molecule has 1 N–H and O–H groups in total. The van der Waals surface area contributed by atoms with Gasteiger partial charge in [-0.15, -0.1) is 29.3 Å². The number of rotatable bonds is 9. The van der Waals surface area contributed by atoms with Crippen LogP contribution in [0, 0.1) is 6.07 Å². The van der Waals surface area contributed by atoms with E-state index in [1.165, 1.54) is 5.19 Å². The van der Waals surface area contributed by atoms with Crippen molar-refractivity contribution < 1.29 is 26.2 Å². The summed E-state index contributed by atoms with van der Waals surface area (Å²) in [5.41, 5.74) is 16.2. The normalized spacial score (nSPS) is 12.7. The van der Waals surface area contributed by atoms with Crippen molar-refractivity contribution in [3.05, 3.63) is 192 Å². The smallest absolute Gasteiger partial charge is 0.163 e. The first-order valence-electron chi connectivity index (χ1n) is 29.0. The average molecular weight is 1290 g/mol. The first-order valence-corrected chi connectivity index (χ1v) is 32.5. The van der Waals surface area contributed by atoms with Crippen molar-refractivity contribution in [1.82, 2.24) is 29.5 Å². The molecule has 0 aliphatic carbocycles. The molecule has 7 aromatic carbocycles. The Labute approximate surface area is 509 Å². The van der Waals surface area contributed by atoms with E-state index in [1.54, 1.807) is 0 Å². The molecule has 83 heavy (non-hydrogen) atoms. The maximum Gasteiger partial charge on any atom is 0.163 e. The van der Waals surface area contributed by atoms with Gasteiger partial charge in [0.1, 0.15) is 23.2 Å². The van der Waals surface area contributed by atoms with Gasteiger partial charge in [-0.2, -0.15) is 0 Å². The number of benzene rings is 7. The van der Waals surface area contributed by atoms with Crippen molar-refractivity contribution in [2.45, 2.75) is 151 Å². The Morgan fingerprint density at radius 2 is 1.00 bits per heavy atom. The van der Waals surface area contributed by atoms with Crippen molar-refractivity contribution in [1.29, 1.82) is 0 Å². The standard InChI is InChI=1S/C74H81N6OSi.Pt/c1-70(2,3)54-40-52(39-53(41-54)61-43-51(37-38-75-61)47-31-34-56(35-32-47)82(16,17)18)57-25-22-26-63-64(57)76-67(59-44-55(71(4,5)6)45-60(65(59)81)72(7,8)9)80(63)62-36-33-50(42-58(62)48-23-20-19-21-24-48)46-27-29-49(30-28-46)66-77-68(73(10,11)12)79-69(78-66)74(13,14)15;/h19-38,40-45,81H,1-18H3;/q-1;. The number of hydrogen-bond acceptors (Lipinski definition) is 6. The fraction of sp³-hybridized carbons (Fsp3) is 0.311. The molecule has 0 aliphatic heterocycles. The van der Waals surface area contributed by atoms with Gasteiger partial charge in [0.25, 0.3) is 0 Å². The Bertz CT molecular complexity index is 3990. The Kier molecular flexibility index (Phi) is 16.1. The second kappa shape index (κ2) is 22.1. The number of hydrogen-bond donors (Lipinski definition) is 1. The van der Waals surface area contributed by atoms with Crippen LogP contribution in [-0.2, 0) is 48.1 Å². The fourth-order valence-corrected chi connectivity index (χ4v) is 11.7. The number of phenolic OH excluding ortho intramolecular Hbond substituents is 1. The van der Waals surface area contributed by atoms with Crippen LogP contribution in [-0.4, -0.2) is 42.7 Å². The predicted octanol–water partition coefficient (Wildman–Crippen LogP) is 18.8. The zero-order chi connectivity index (χ0) is 59.1. The van der Waals surface area contributed by atoms with E-state index < -0.39 is 8.07 Å². The van der Waals surface area contributed by atoms with E-state index in [4.69, 9.17) is 24.9 Å². The number of phenols is 1. The van der Waals surface area contributed by atoms with E-state index in [0.29, 0.717) is 17.2 Å². The van der Waals surface area contributed by atoms with E-state index in [1.807, 2.05) is 6.20 Å². The number of nitrogens with zero attached hydrogens (tertiary/aromatic N) is 6. The monoisotopic (exact) mass is 1290 g/mol. The molecule has 3 heterocycles. The third-order valence-corrected chi connectivity index (χ3v) is 17.7. The quantitative estimate of drug-likeness (QED) is 0.114.